The Morgan fingerprint density at radius 2 is 1.56 bits per heavy atom. The molecule has 1 fully saturated rings. The maximum atomic E-state index is 12.2. The molecular weight excluding hydrogens is 338 g/mol. The molecule has 1 aliphatic rings. The average molecular weight is 358 g/mol. The Labute approximate surface area is 152 Å². The summed E-state index contributed by atoms with van der Waals surface area (Å²) >= 11 is 5.83. The quantitative estimate of drug-likeness (QED) is 0.613. The van der Waals surface area contributed by atoms with Crippen molar-refractivity contribution in [1.29, 1.82) is 0 Å². The first-order chi connectivity index (χ1) is 12.1. The SMILES string of the molecule is O=C(Nc1ccc(Cl)cc1)c1ccc(OC(=O)C2CCCCC2)cc1. The number of rotatable bonds is 4. The van der Waals surface area contributed by atoms with Crippen molar-refractivity contribution in [2.45, 2.75) is 32.1 Å². The minimum absolute atomic E-state index is 0.00151. The second-order valence-corrected chi connectivity index (χ2v) is 6.68. The zero-order valence-electron chi connectivity index (χ0n) is 13.8. The third-order valence-corrected chi connectivity index (χ3v) is 4.63. The lowest BCUT2D eigenvalue weighted by Crippen LogP contribution is -2.22. The van der Waals surface area contributed by atoms with Crippen molar-refractivity contribution in [2.75, 3.05) is 5.32 Å². The molecule has 130 valence electrons. The molecule has 3 rings (SSSR count). The second-order valence-electron chi connectivity index (χ2n) is 6.24. The normalized spacial score (nSPS) is 14.8. The first-order valence-electron chi connectivity index (χ1n) is 8.50. The molecule has 0 bridgehead atoms. The van der Waals surface area contributed by atoms with Gasteiger partial charge in [-0.3, -0.25) is 9.59 Å². The number of benzene rings is 2. The summed E-state index contributed by atoms with van der Waals surface area (Å²) in [5.74, 6) is 0.0748. The van der Waals surface area contributed by atoms with Gasteiger partial charge in [0, 0.05) is 16.3 Å². The number of halogens is 1. The van der Waals surface area contributed by atoms with E-state index in [2.05, 4.69) is 5.32 Å². The monoisotopic (exact) mass is 357 g/mol. The molecular formula is C20H20ClNO3. The minimum Gasteiger partial charge on any atom is -0.426 e. The third-order valence-electron chi connectivity index (χ3n) is 4.38. The van der Waals surface area contributed by atoms with Crippen LogP contribution in [0.3, 0.4) is 0 Å². The fraction of sp³-hybridized carbons (Fsp3) is 0.300. The highest BCUT2D eigenvalue weighted by Crippen LogP contribution is 2.25. The lowest BCUT2D eigenvalue weighted by Gasteiger charge is -2.19. The predicted octanol–water partition coefficient (Wildman–Crippen LogP) is 5.08. The summed E-state index contributed by atoms with van der Waals surface area (Å²) in [6.07, 6.45) is 5.18. The molecule has 2 aromatic carbocycles. The molecule has 0 spiro atoms. The number of carbonyl (C=O) groups excluding carboxylic acids is 2. The standard InChI is InChI=1S/C20H20ClNO3/c21-16-8-10-17(11-9-16)22-19(23)14-6-12-18(13-7-14)25-20(24)15-4-2-1-3-5-15/h6-13,15H,1-5H2,(H,22,23). The molecule has 5 heteroatoms. The Bertz CT molecular complexity index is 735. The van der Waals surface area contributed by atoms with E-state index in [-0.39, 0.29) is 17.8 Å². The van der Waals surface area contributed by atoms with E-state index in [0.717, 1.165) is 25.7 Å². The second kappa shape index (κ2) is 8.17. The summed E-state index contributed by atoms with van der Waals surface area (Å²) in [5, 5.41) is 3.41. The van der Waals surface area contributed by atoms with Crippen LogP contribution in [-0.4, -0.2) is 11.9 Å². The number of ether oxygens (including phenoxy) is 1. The molecule has 0 radical (unpaired) electrons. The molecule has 0 atom stereocenters. The fourth-order valence-corrected chi connectivity index (χ4v) is 3.07. The molecule has 25 heavy (non-hydrogen) atoms. The number of anilines is 1. The van der Waals surface area contributed by atoms with Crippen LogP contribution in [0.1, 0.15) is 42.5 Å². The maximum Gasteiger partial charge on any atom is 0.314 e. The van der Waals surface area contributed by atoms with Crippen LogP contribution in [0, 0.1) is 5.92 Å². The van der Waals surface area contributed by atoms with E-state index < -0.39 is 0 Å². The molecule has 0 aliphatic heterocycles. The molecule has 0 unspecified atom stereocenters. The van der Waals surface area contributed by atoms with Crippen LogP contribution in [0.15, 0.2) is 48.5 Å². The van der Waals surface area contributed by atoms with Crippen molar-refractivity contribution >= 4 is 29.2 Å². The van der Waals surface area contributed by atoms with Crippen molar-refractivity contribution in [3.8, 4) is 5.75 Å². The zero-order valence-corrected chi connectivity index (χ0v) is 14.6. The van der Waals surface area contributed by atoms with E-state index in [1.165, 1.54) is 6.42 Å². The van der Waals surface area contributed by atoms with Crippen LogP contribution in [0.5, 0.6) is 5.75 Å². The summed E-state index contributed by atoms with van der Waals surface area (Å²) in [5.41, 5.74) is 1.16. The summed E-state index contributed by atoms with van der Waals surface area (Å²) in [7, 11) is 0. The Morgan fingerprint density at radius 3 is 2.20 bits per heavy atom. The summed E-state index contributed by atoms with van der Waals surface area (Å²) < 4.78 is 5.43. The van der Waals surface area contributed by atoms with Crippen LogP contribution in [-0.2, 0) is 4.79 Å². The highest BCUT2D eigenvalue weighted by molar-refractivity contribution is 6.30. The van der Waals surface area contributed by atoms with Gasteiger partial charge in [0.05, 0.1) is 5.92 Å². The number of hydrogen-bond donors (Lipinski definition) is 1. The largest absolute Gasteiger partial charge is 0.426 e. The topological polar surface area (TPSA) is 55.4 Å². The van der Waals surface area contributed by atoms with E-state index in [1.54, 1.807) is 48.5 Å². The van der Waals surface area contributed by atoms with Crippen LogP contribution in [0.4, 0.5) is 5.69 Å². The predicted molar refractivity (Wildman–Crippen MR) is 98.1 cm³/mol. The molecule has 1 aliphatic carbocycles. The first kappa shape index (κ1) is 17.5. The van der Waals surface area contributed by atoms with Crippen molar-refractivity contribution in [2.24, 2.45) is 5.92 Å². The van der Waals surface area contributed by atoms with Gasteiger partial charge in [-0.2, -0.15) is 0 Å². The van der Waals surface area contributed by atoms with Crippen molar-refractivity contribution in [1.82, 2.24) is 0 Å². The van der Waals surface area contributed by atoms with E-state index in [0.29, 0.717) is 22.0 Å². The average Bonchev–Trinajstić information content (AvgIpc) is 2.65. The third kappa shape index (κ3) is 4.83. The van der Waals surface area contributed by atoms with E-state index in [9.17, 15) is 9.59 Å². The van der Waals surface area contributed by atoms with Gasteiger partial charge in [-0.1, -0.05) is 30.9 Å². The molecule has 1 N–H and O–H groups in total. The Balaban J connectivity index is 1.58. The fourth-order valence-electron chi connectivity index (χ4n) is 2.95. The van der Waals surface area contributed by atoms with Crippen molar-refractivity contribution < 1.29 is 14.3 Å². The molecule has 1 saturated carbocycles. The van der Waals surface area contributed by atoms with Gasteiger partial charge in [-0.25, -0.2) is 0 Å². The number of hydrogen-bond acceptors (Lipinski definition) is 3. The van der Waals surface area contributed by atoms with Gasteiger partial charge >= 0.3 is 5.97 Å². The molecule has 4 nitrogen and oxygen atoms in total. The molecule has 2 aromatic rings. The first-order valence-corrected chi connectivity index (χ1v) is 8.88. The molecule has 0 heterocycles. The van der Waals surface area contributed by atoms with Crippen LogP contribution < -0.4 is 10.1 Å². The van der Waals surface area contributed by atoms with E-state index in [4.69, 9.17) is 16.3 Å². The lowest BCUT2D eigenvalue weighted by molar-refractivity contribution is -0.139. The van der Waals surface area contributed by atoms with Gasteiger partial charge < -0.3 is 10.1 Å². The van der Waals surface area contributed by atoms with E-state index in [1.807, 2.05) is 0 Å². The lowest BCUT2D eigenvalue weighted by atomic mass is 9.89. The molecule has 1 amide bonds. The summed E-state index contributed by atoms with van der Waals surface area (Å²) in [4.78, 5) is 24.4. The Hall–Kier alpha value is -2.33. The Morgan fingerprint density at radius 1 is 0.920 bits per heavy atom. The number of amides is 1. The Kier molecular flexibility index (Phi) is 5.71. The summed E-state index contributed by atoms with van der Waals surface area (Å²) in [6.45, 7) is 0. The van der Waals surface area contributed by atoms with Crippen molar-refractivity contribution in [3.05, 3.63) is 59.1 Å². The van der Waals surface area contributed by atoms with Crippen LogP contribution in [0.25, 0.3) is 0 Å². The van der Waals surface area contributed by atoms with Crippen LogP contribution in [0.2, 0.25) is 5.02 Å². The highest BCUT2D eigenvalue weighted by Gasteiger charge is 2.23. The van der Waals surface area contributed by atoms with Crippen LogP contribution >= 0.6 is 11.6 Å². The number of nitrogens with one attached hydrogen (secondary N) is 1. The van der Waals surface area contributed by atoms with E-state index >= 15 is 0 Å². The van der Waals surface area contributed by atoms with Gasteiger partial charge in [-0.15, -0.1) is 0 Å². The maximum absolute atomic E-state index is 12.2. The van der Waals surface area contributed by atoms with Crippen molar-refractivity contribution in [3.63, 3.8) is 0 Å². The highest BCUT2D eigenvalue weighted by atomic mass is 35.5. The molecule has 0 saturated heterocycles. The smallest absolute Gasteiger partial charge is 0.314 e. The van der Waals surface area contributed by atoms with Gasteiger partial charge in [0.2, 0.25) is 0 Å². The summed E-state index contributed by atoms with van der Waals surface area (Å²) in [6, 6.07) is 13.5. The molecule has 0 aromatic heterocycles. The minimum atomic E-state index is -0.229. The van der Waals surface area contributed by atoms with Gasteiger partial charge in [0.15, 0.2) is 0 Å². The number of carbonyl (C=O) groups is 2. The van der Waals surface area contributed by atoms with Gasteiger partial charge in [0.25, 0.3) is 5.91 Å². The zero-order chi connectivity index (χ0) is 17.6. The van der Waals surface area contributed by atoms with Gasteiger partial charge in [-0.05, 0) is 61.4 Å². The number of esters is 1. The van der Waals surface area contributed by atoms with Gasteiger partial charge in [0.1, 0.15) is 5.75 Å².